The first-order chi connectivity index (χ1) is 20.5. The Kier molecular flexibility index (Phi) is 7.36. The van der Waals surface area contributed by atoms with Crippen molar-refractivity contribution >= 4 is 33.9 Å². The van der Waals surface area contributed by atoms with E-state index in [0.717, 1.165) is 34.6 Å². The number of carbonyl (C=O) groups excluding carboxylic acids is 2. The highest BCUT2D eigenvalue weighted by Gasteiger charge is 2.34. The van der Waals surface area contributed by atoms with Crippen LogP contribution in [-0.2, 0) is 23.1 Å². The molecule has 4 aromatic rings. The number of nitriles is 1. The van der Waals surface area contributed by atoms with Crippen molar-refractivity contribution in [2.75, 3.05) is 20.2 Å². The summed E-state index contributed by atoms with van der Waals surface area (Å²) >= 11 is 0. The average molecular weight is 583 g/mol. The number of fused-ring (bicyclic) bond motifs is 2. The van der Waals surface area contributed by atoms with Gasteiger partial charge in [-0.15, -0.1) is 0 Å². The molecular formula is C33H38N6O4. The standard InChI is InChI=1S/C33H38N6O4/c1-33(2,3)43-28(40)12-21-11-22(16-34)18-38(17-21)32(41)24-13-25-29(27(15-24)42-5)37(4)31(36-25)26-14-23-7-6-10-35-30(23)39(26)19-20-8-9-20/h6-7,10,13-15,20-22H,8-9,11-12,17-19H2,1-5H3. The molecule has 1 amide bonds. The average Bonchev–Trinajstić information content (AvgIpc) is 3.63. The Hall–Kier alpha value is -4.39. The first-order valence-corrected chi connectivity index (χ1v) is 14.9. The quantitative estimate of drug-likeness (QED) is 0.270. The van der Waals surface area contributed by atoms with Crippen molar-refractivity contribution in [3.05, 3.63) is 42.1 Å². The lowest BCUT2D eigenvalue weighted by molar-refractivity contribution is -0.156. The Balaban J connectivity index is 1.34. The van der Waals surface area contributed by atoms with Gasteiger partial charge < -0.3 is 23.5 Å². The largest absolute Gasteiger partial charge is 0.494 e. The van der Waals surface area contributed by atoms with Crippen molar-refractivity contribution in [2.45, 2.75) is 58.6 Å². The number of pyridine rings is 1. The number of hydrogen-bond donors (Lipinski definition) is 0. The van der Waals surface area contributed by atoms with Crippen LogP contribution in [0.3, 0.4) is 0 Å². The first-order valence-electron chi connectivity index (χ1n) is 14.9. The first kappa shape index (κ1) is 28.7. The lowest BCUT2D eigenvalue weighted by atomic mass is 9.87. The van der Waals surface area contributed by atoms with Crippen molar-refractivity contribution in [1.82, 2.24) is 24.0 Å². The van der Waals surface area contributed by atoms with E-state index in [1.54, 1.807) is 24.1 Å². The summed E-state index contributed by atoms with van der Waals surface area (Å²) in [5, 5.41) is 10.8. The Morgan fingerprint density at radius 2 is 1.93 bits per heavy atom. The number of benzene rings is 1. The van der Waals surface area contributed by atoms with Crippen LogP contribution in [0.2, 0.25) is 0 Å². The highest BCUT2D eigenvalue weighted by molar-refractivity contribution is 6.00. The molecular weight excluding hydrogens is 544 g/mol. The van der Waals surface area contributed by atoms with Gasteiger partial charge in [-0.25, -0.2) is 9.97 Å². The van der Waals surface area contributed by atoms with Crippen molar-refractivity contribution in [1.29, 1.82) is 5.26 Å². The Morgan fingerprint density at radius 1 is 1.14 bits per heavy atom. The summed E-state index contributed by atoms with van der Waals surface area (Å²) in [6.45, 7) is 7.06. The van der Waals surface area contributed by atoms with Crippen LogP contribution in [0.4, 0.5) is 0 Å². The fraction of sp³-hybridized carbons (Fsp3) is 0.485. The van der Waals surface area contributed by atoms with E-state index in [-0.39, 0.29) is 30.1 Å². The molecule has 43 heavy (non-hydrogen) atoms. The van der Waals surface area contributed by atoms with Crippen LogP contribution >= 0.6 is 0 Å². The molecule has 0 spiro atoms. The zero-order valence-corrected chi connectivity index (χ0v) is 25.5. The molecule has 1 saturated heterocycles. The fourth-order valence-electron chi connectivity index (χ4n) is 6.25. The monoisotopic (exact) mass is 582 g/mol. The third-order valence-corrected chi connectivity index (χ3v) is 8.31. The molecule has 0 bridgehead atoms. The van der Waals surface area contributed by atoms with E-state index in [0.29, 0.717) is 42.3 Å². The maximum atomic E-state index is 13.9. The van der Waals surface area contributed by atoms with E-state index < -0.39 is 5.60 Å². The summed E-state index contributed by atoms with van der Waals surface area (Å²) in [6, 6.07) is 12.0. The summed E-state index contributed by atoms with van der Waals surface area (Å²) in [5.74, 6) is 0.910. The number of methoxy groups -OCH3 is 1. The van der Waals surface area contributed by atoms with Crippen LogP contribution in [0.1, 0.15) is 56.8 Å². The number of rotatable bonds is 7. The molecule has 1 saturated carbocycles. The molecule has 10 nitrogen and oxygen atoms in total. The summed E-state index contributed by atoms with van der Waals surface area (Å²) in [5.41, 5.74) is 3.21. The molecule has 2 unspecified atom stereocenters. The van der Waals surface area contributed by atoms with Gasteiger partial charge in [0.2, 0.25) is 0 Å². The molecule has 3 aromatic heterocycles. The van der Waals surface area contributed by atoms with Gasteiger partial charge in [-0.1, -0.05) is 0 Å². The van der Waals surface area contributed by atoms with Gasteiger partial charge in [0, 0.05) is 43.8 Å². The SMILES string of the molecule is COc1cc(C(=O)N2CC(C#N)CC(CC(=O)OC(C)(C)C)C2)cc2nc(-c3cc4cccnc4n3CC3CC3)n(C)c12. The predicted octanol–water partition coefficient (Wildman–Crippen LogP) is 5.34. The Labute approximate surface area is 251 Å². The van der Waals surface area contributed by atoms with Gasteiger partial charge in [0.05, 0.1) is 36.7 Å². The highest BCUT2D eigenvalue weighted by atomic mass is 16.6. The van der Waals surface area contributed by atoms with Crippen molar-refractivity contribution in [3.8, 4) is 23.3 Å². The molecule has 2 atom stereocenters. The van der Waals surface area contributed by atoms with E-state index in [4.69, 9.17) is 14.5 Å². The van der Waals surface area contributed by atoms with Crippen molar-refractivity contribution in [3.63, 3.8) is 0 Å². The van der Waals surface area contributed by atoms with Crippen molar-refractivity contribution < 1.29 is 19.1 Å². The number of aromatic nitrogens is 4. The van der Waals surface area contributed by atoms with E-state index >= 15 is 0 Å². The molecule has 10 heteroatoms. The minimum atomic E-state index is -0.591. The predicted molar refractivity (Wildman–Crippen MR) is 162 cm³/mol. The Bertz CT molecular complexity index is 1750. The number of aryl methyl sites for hydroxylation is 1. The molecule has 1 aromatic carbocycles. The summed E-state index contributed by atoms with van der Waals surface area (Å²) in [4.78, 5) is 37.8. The molecule has 1 aliphatic carbocycles. The van der Waals surface area contributed by atoms with E-state index in [9.17, 15) is 14.9 Å². The maximum Gasteiger partial charge on any atom is 0.306 e. The van der Waals surface area contributed by atoms with Crippen molar-refractivity contribution in [2.24, 2.45) is 24.8 Å². The molecule has 0 radical (unpaired) electrons. The number of ether oxygens (including phenoxy) is 2. The minimum absolute atomic E-state index is 0.161. The van der Waals surface area contributed by atoms with Crippen LogP contribution in [0, 0.1) is 29.1 Å². The molecule has 2 aliphatic rings. The number of piperidine rings is 1. The summed E-state index contributed by atoms with van der Waals surface area (Å²) < 4.78 is 15.6. The lowest BCUT2D eigenvalue weighted by Gasteiger charge is -2.35. The van der Waals surface area contributed by atoms with E-state index in [2.05, 4.69) is 27.8 Å². The van der Waals surface area contributed by atoms with Gasteiger partial charge >= 0.3 is 5.97 Å². The Morgan fingerprint density at radius 3 is 2.63 bits per heavy atom. The van der Waals surface area contributed by atoms with Gasteiger partial charge in [0.25, 0.3) is 5.91 Å². The number of esters is 1. The van der Waals surface area contributed by atoms with Crippen LogP contribution in [-0.4, -0.2) is 61.7 Å². The molecule has 224 valence electrons. The second-order valence-corrected chi connectivity index (χ2v) is 13.0. The number of amides is 1. The second kappa shape index (κ2) is 11.0. The van der Waals surface area contributed by atoms with E-state index in [1.165, 1.54) is 12.8 Å². The second-order valence-electron chi connectivity index (χ2n) is 13.0. The maximum absolute atomic E-state index is 13.9. The summed E-state index contributed by atoms with van der Waals surface area (Å²) in [6.07, 6.45) is 4.97. The third-order valence-electron chi connectivity index (χ3n) is 8.31. The smallest absolute Gasteiger partial charge is 0.306 e. The van der Waals surface area contributed by atoms with Crippen LogP contribution in [0.5, 0.6) is 5.75 Å². The normalized spacial score (nSPS) is 19.0. The zero-order chi connectivity index (χ0) is 30.5. The number of likely N-dealkylation sites (tertiary alicyclic amines) is 1. The topological polar surface area (TPSA) is 115 Å². The zero-order valence-electron chi connectivity index (χ0n) is 25.5. The number of nitrogens with zero attached hydrogens (tertiary/aromatic N) is 6. The van der Waals surface area contributed by atoms with Gasteiger partial charge in [0.15, 0.2) is 5.82 Å². The summed E-state index contributed by atoms with van der Waals surface area (Å²) in [7, 11) is 3.55. The van der Waals surface area contributed by atoms with Crippen LogP contribution < -0.4 is 4.74 Å². The molecule has 1 aliphatic heterocycles. The molecule has 2 fully saturated rings. The minimum Gasteiger partial charge on any atom is -0.494 e. The number of hydrogen-bond acceptors (Lipinski definition) is 7. The molecule has 6 rings (SSSR count). The van der Waals surface area contributed by atoms with Gasteiger partial charge in [-0.05, 0) is 82.2 Å². The van der Waals surface area contributed by atoms with Gasteiger partial charge in [-0.2, -0.15) is 5.26 Å². The van der Waals surface area contributed by atoms with Gasteiger partial charge in [0.1, 0.15) is 22.5 Å². The number of carbonyl (C=O) groups is 2. The van der Waals surface area contributed by atoms with Gasteiger partial charge in [-0.3, -0.25) is 9.59 Å². The number of imidazole rings is 1. The molecule has 4 heterocycles. The van der Waals surface area contributed by atoms with E-state index in [1.807, 2.05) is 44.6 Å². The highest BCUT2D eigenvalue weighted by Crippen LogP contribution is 2.38. The fourth-order valence-corrected chi connectivity index (χ4v) is 6.25. The van der Waals surface area contributed by atoms with Crippen LogP contribution in [0.15, 0.2) is 36.5 Å². The lowest BCUT2D eigenvalue weighted by Crippen LogP contribution is -2.44. The van der Waals surface area contributed by atoms with Crippen LogP contribution in [0.25, 0.3) is 33.6 Å². The third kappa shape index (κ3) is 5.81. The molecule has 0 N–H and O–H groups in total.